The summed E-state index contributed by atoms with van der Waals surface area (Å²) in [4.78, 5) is 8.62. The van der Waals surface area contributed by atoms with E-state index in [2.05, 4.69) is 31.1 Å². The van der Waals surface area contributed by atoms with E-state index in [1.54, 1.807) is 0 Å². The maximum absolute atomic E-state index is 4.81. The van der Waals surface area contributed by atoms with Crippen molar-refractivity contribution < 1.29 is 0 Å². The first-order chi connectivity index (χ1) is 8.76. The van der Waals surface area contributed by atoms with Crippen LogP contribution in [0.4, 0.5) is 5.13 Å². The molecule has 1 aliphatic carbocycles. The highest BCUT2D eigenvalue weighted by molar-refractivity contribution is 7.15. The van der Waals surface area contributed by atoms with Crippen LogP contribution < -0.4 is 10.2 Å². The van der Waals surface area contributed by atoms with E-state index in [0.717, 1.165) is 25.6 Å². The lowest BCUT2D eigenvalue weighted by molar-refractivity contribution is 0.401. The van der Waals surface area contributed by atoms with E-state index >= 15 is 0 Å². The largest absolute Gasteiger partial charge is 0.348 e. The van der Waals surface area contributed by atoms with E-state index in [1.807, 2.05) is 11.3 Å². The van der Waals surface area contributed by atoms with Crippen LogP contribution in [0.2, 0.25) is 0 Å². The fourth-order valence-electron chi connectivity index (χ4n) is 2.24. The first kappa shape index (κ1) is 13.8. The Morgan fingerprint density at radius 2 is 2.17 bits per heavy atom. The Morgan fingerprint density at radius 3 is 2.72 bits per heavy atom. The van der Waals surface area contributed by atoms with Crippen molar-refractivity contribution in [3.8, 4) is 0 Å². The van der Waals surface area contributed by atoms with Gasteiger partial charge < -0.3 is 10.2 Å². The lowest BCUT2D eigenvalue weighted by Gasteiger charge is -2.34. The Balaban J connectivity index is 2.02. The maximum Gasteiger partial charge on any atom is 0.185 e. The third-order valence-corrected chi connectivity index (χ3v) is 4.93. The molecule has 18 heavy (non-hydrogen) atoms. The van der Waals surface area contributed by atoms with Gasteiger partial charge in [0.2, 0.25) is 0 Å². The van der Waals surface area contributed by atoms with Gasteiger partial charge >= 0.3 is 0 Å². The smallest absolute Gasteiger partial charge is 0.185 e. The molecule has 0 bridgehead atoms. The fourth-order valence-corrected chi connectivity index (χ4v) is 3.40. The number of rotatable bonds is 7. The van der Waals surface area contributed by atoms with E-state index in [4.69, 9.17) is 4.98 Å². The summed E-state index contributed by atoms with van der Waals surface area (Å²) in [6, 6.07) is 0.734. The van der Waals surface area contributed by atoms with Gasteiger partial charge in [-0.2, -0.15) is 0 Å². The van der Waals surface area contributed by atoms with Crippen molar-refractivity contribution in [2.24, 2.45) is 0 Å². The van der Waals surface area contributed by atoms with Gasteiger partial charge in [0, 0.05) is 24.5 Å². The van der Waals surface area contributed by atoms with Gasteiger partial charge in [-0.3, -0.25) is 0 Å². The van der Waals surface area contributed by atoms with Crippen molar-refractivity contribution in [3.05, 3.63) is 10.6 Å². The van der Waals surface area contributed by atoms with E-state index in [-0.39, 0.29) is 0 Å². The summed E-state index contributed by atoms with van der Waals surface area (Å²) in [6.45, 7) is 6.48. The first-order valence-corrected chi connectivity index (χ1v) is 8.00. The second kappa shape index (κ2) is 6.53. The molecule has 0 saturated heterocycles. The van der Waals surface area contributed by atoms with E-state index < -0.39 is 0 Å². The predicted octanol–water partition coefficient (Wildman–Crippen LogP) is 3.19. The molecule has 0 unspecified atom stereocenters. The van der Waals surface area contributed by atoms with Crippen LogP contribution in [0.25, 0.3) is 0 Å². The number of hydrogen-bond acceptors (Lipinski definition) is 4. The summed E-state index contributed by atoms with van der Waals surface area (Å²) in [7, 11) is 2.20. The van der Waals surface area contributed by atoms with Gasteiger partial charge in [-0.15, -0.1) is 11.3 Å². The zero-order valence-electron chi connectivity index (χ0n) is 11.8. The molecule has 0 aliphatic heterocycles. The summed E-state index contributed by atoms with van der Waals surface area (Å²) in [6.07, 6.45) is 6.28. The van der Waals surface area contributed by atoms with E-state index in [9.17, 15) is 0 Å². The summed E-state index contributed by atoms with van der Waals surface area (Å²) < 4.78 is 0. The van der Waals surface area contributed by atoms with Crippen LogP contribution >= 0.6 is 11.3 Å². The zero-order valence-corrected chi connectivity index (χ0v) is 12.6. The summed E-state index contributed by atoms with van der Waals surface area (Å²) in [5.74, 6) is 0. The standard InChI is InChI=1S/C14H25N3S/c1-4-9-15-10-13-12(5-2)16-14(18-13)17(3)11-7-6-8-11/h11,15H,4-10H2,1-3H3. The molecular formula is C14H25N3S. The molecule has 1 aliphatic rings. The van der Waals surface area contributed by atoms with Crippen LogP contribution in [0.15, 0.2) is 0 Å². The number of nitrogens with one attached hydrogen (secondary N) is 1. The minimum Gasteiger partial charge on any atom is -0.348 e. The number of aryl methyl sites for hydroxylation is 1. The van der Waals surface area contributed by atoms with Gasteiger partial charge in [0.15, 0.2) is 5.13 Å². The monoisotopic (exact) mass is 267 g/mol. The minimum atomic E-state index is 0.734. The van der Waals surface area contributed by atoms with Crippen LogP contribution in [0, 0.1) is 0 Å². The van der Waals surface area contributed by atoms with Crippen molar-refractivity contribution in [1.82, 2.24) is 10.3 Å². The number of thiazole rings is 1. The summed E-state index contributed by atoms with van der Waals surface area (Å²) >= 11 is 1.87. The molecule has 102 valence electrons. The molecular weight excluding hydrogens is 242 g/mol. The first-order valence-electron chi connectivity index (χ1n) is 7.18. The molecule has 0 amide bonds. The molecule has 1 N–H and O–H groups in total. The Morgan fingerprint density at radius 1 is 1.39 bits per heavy atom. The quantitative estimate of drug-likeness (QED) is 0.769. The molecule has 0 radical (unpaired) electrons. The fraction of sp³-hybridized carbons (Fsp3) is 0.786. The molecule has 0 aromatic carbocycles. The van der Waals surface area contributed by atoms with Crippen LogP contribution in [0.5, 0.6) is 0 Å². The van der Waals surface area contributed by atoms with Gasteiger partial charge in [-0.05, 0) is 38.6 Å². The molecule has 1 heterocycles. The topological polar surface area (TPSA) is 28.2 Å². The Hall–Kier alpha value is -0.610. The summed E-state index contributed by atoms with van der Waals surface area (Å²) in [5.41, 5.74) is 1.28. The van der Waals surface area contributed by atoms with Crippen molar-refractivity contribution in [2.75, 3.05) is 18.5 Å². The van der Waals surface area contributed by atoms with Crippen molar-refractivity contribution in [1.29, 1.82) is 0 Å². The average molecular weight is 267 g/mol. The Bertz CT molecular complexity index is 371. The molecule has 0 atom stereocenters. The predicted molar refractivity (Wildman–Crippen MR) is 79.5 cm³/mol. The molecule has 1 aromatic heterocycles. The number of aromatic nitrogens is 1. The van der Waals surface area contributed by atoms with E-state index in [0.29, 0.717) is 0 Å². The second-order valence-corrected chi connectivity index (χ2v) is 6.15. The average Bonchev–Trinajstić information content (AvgIpc) is 2.70. The van der Waals surface area contributed by atoms with Gasteiger partial charge in [0.1, 0.15) is 0 Å². The Labute approximate surface area is 115 Å². The molecule has 4 heteroatoms. The third kappa shape index (κ3) is 3.04. The Kier molecular flexibility index (Phi) is 5.01. The molecule has 1 fully saturated rings. The highest BCUT2D eigenvalue weighted by Gasteiger charge is 2.24. The molecule has 3 nitrogen and oxygen atoms in total. The maximum atomic E-state index is 4.81. The van der Waals surface area contributed by atoms with Crippen molar-refractivity contribution >= 4 is 16.5 Å². The normalized spacial score (nSPS) is 15.7. The highest BCUT2D eigenvalue weighted by atomic mass is 32.1. The van der Waals surface area contributed by atoms with E-state index in [1.165, 1.54) is 41.4 Å². The lowest BCUT2D eigenvalue weighted by Crippen LogP contribution is -2.37. The lowest BCUT2D eigenvalue weighted by atomic mass is 9.92. The SMILES string of the molecule is CCCNCc1sc(N(C)C2CCC2)nc1CC. The van der Waals surface area contributed by atoms with Gasteiger partial charge in [-0.1, -0.05) is 13.8 Å². The number of anilines is 1. The molecule has 1 saturated carbocycles. The van der Waals surface area contributed by atoms with Gasteiger partial charge in [-0.25, -0.2) is 4.98 Å². The zero-order chi connectivity index (χ0) is 13.0. The van der Waals surface area contributed by atoms with Crippen LogP contribution in [0.1, 0.15) is 50.1 Å². The highest BCUT2D eigenvalue weighted by Crippen LogP contribution is 2.32. The van der Waals surface area contributed by atoms with Crippen LogP contribution in [0.3, 0.4) is 0 Å². The number of nitrogens with zero attached hydrogens (tertiary/aromatic N) is 2. The third-order valence-electron chi connectivity index (χ3n) is 3.74. The van der Waals surface area contributed by atoms with Gasteiger partial charge in [0.25, 0.3) is 0 Å². The molecule has 2 rings (SSSR count). The summed E-state index contributed by atoms with van der Waals surface area (Å²) in [5, 5.41) is 4.70. The van der Waals surface area contributed by atoms with Gasteiger partial charge in [0.05, 0.1) is 5.69 Å². The second-order valence-electron chi connectivity index (χ2n) is 5.09. The molecule has 0 spiro atoms. The van der Waals surface area contributed by atoms with Crippen molar-refractivity contribution in [2.45, 2.75) is 58.5 Å². The van der Waals surface area contributed by atoms with Crippen molar-refractivity contribution in [3.63, 3.8) is 0 Å². The van der Waals surface area contributed by atoms with Crippen LogP contribution in [-0.4, -0.2) is 24.6 Å². The molecule has 1 aromatic rings. The van der Waals surface area contributed by atoms with Crippen LogP contribution in [-0.2, 0) is 13.0 Å². The minimum absolute atomic E-state index is 0.734. The number of hydrogen-bond donors (Lipinski definition) is 1.